The molecule has 1 aliphatic rings. The van der Waals surface area contributed by atoms with E-state index in [2.05, 4.69) is 16.7 Å². The molecule has 0 saturated carbocycles. The van der Waals surface area contributed by atoms with Crippen LogP contribution in [0.25, 0.3) is 10.2 Å². The SMILES string of the molecule is COc1ccc(N=C2S/C(=N\N=c3\sc4ccccc4n3C)N(c3ccccc3)C2=Nc2ccc(OC)cc2)cc1. The molecule has 5 aromatic rings. The molecule has 1 aromatic heterocycles. The summed E-state index contributed by atoms with van der Waals surface area (Å²) in [6.45, 7) is 0. The fourth-order valence-corrected chi connectivity index (χ4v) is 6.11. The van der Waals surface area contributed by atoms with Gasteiger partial charge >= 0.3 is 0 Å². The zero-order chi connectivity index (χ0) is 28.2. The molecule has 0 aliphatic carbocycles. The van der Waals surface area contributed by atoms with Crippen molar-refractivity contribution in [3.63, 3.8) is 0 Å². The highest BCUT2D eigenvalue weighted by molar-refractivity contribution is 8.29. The average molecular weight is 579 g/mol. The molecule has 0 bridgehead atoms. The van der Waals surface area contributed by atoms with Gasteiger partial charge in [0.25, 0.3) is 0 Å². The first-order valence-electron chi connectivity index (χ1n) is 12.8. The Morgan fingerprint density at radius 2 is 1.27 bits per heavy atom. The van der Waals surface area contributed by atoms with Crippen LogP contribution in [0.3, 0.4) is 0 Å². The Morgan fingerprint density at radius 3 is 1.90 bits per heavy atom. The van der Waals surface area contributed by atoms with E-state index in [0.717, 1.165) is 43.6 Å². The molecule has 10 heteroatoms. The number of thioether (sulfide) groups is 1. The van der Waals surface area contributed by atoms with Crippen LogP contribution in [0.2, 0.25) is 0 Å². The van der Waals surface area contributed by atoms with Crippen LogP contribution in [0.5, 0.6) is 11.5 Å². The smallest absolute Gasteiger partial charge is 0.211 e. The van der Waals surface area contributed by atoms with Crippen LogP contribution in [0, 0.1) is 0 Å². The Hall–Kier alpha value is -4.67. The van der Waals surface area contributed by atoms with Gasteiger partial charge in [-0.05, 0) is 84.6 Å². The number of amidine groups is 2. The highest BCUT2D eigenvalue weighted by Crippen LogP contribution is 2.33. The number of para-hydroxylation sites is 2. The van der Waals surface area contributed by atoms with Crippen LogP contribution >= 0.6 is 23.1 Å². The van der Waals surface area contributed by atoms with E-state index in [1.807, 2.05) is 103 Å². The van der Waals surface area contributed by atoms with Gasteiger partial charge in [-0.1, -0.05) is 41.7 Å². The van der Waals surface area contributed by atoms with Crippen LogP contribution in [-0.4, -0.2) is 34.8 Å². The fraction of sp³-hybridized carbons (Fsp3) is 0.0968. The summed E-state index contributed by atoms with van der Waals surface area (Å²) >= 11 is 3.02. The molecule has 8 nitrogen and oxygen atoms in total. The molecule has 1 aliphatic heterocycles. The monoisotopic (exact) mass is 578 g/mol. The van der Waals surface area contributed by atoms with Crippen LogP contribution in [-0.2, 0) is 7.05 Å². The molecule has 0 radical (unpaired) electrons. The fourth-order valence-electron chi connectivity index (χ4n) is 4.23. The van der Waals surface area contributed by atoms with E-state index < -0.39 is 0 Å². The maximum atomic E-state index is 5.34. The number of anilines is 1. The zero-order valence-corrected chi connectivity index (χ0v) is 24.3. The quantitative estimate of drug-likeness (QED) is 0.201. The molecule has 41 heavy (non-hydrogen) atoms. The number of thiazole rings is 1. The molecule has 2 heterocycles. The minimum atomic E-state index is 0.646. The predicted molar refractivity (Wildman–Crippen MR) is 170 cm³/mol. The largest absolute Gasteiger partial charge is 0.497 e. The maximum absolute atomic E-state index is 5.34. The molecule has 0 spiro atoms. The standard InChI is InChI=1S/C31H26N6O2S2/c1-36-26-11-7-8-12-27(26)40-30(36)34-35-31-37(23-9-5-4-6-10-23)28(32-21-13-17-24(38-2)18-14-21)29(41-31)33-22-15-19-25(39-3)20-16-22/h4-20H,1-3H3/b32-28?,33-29?,34-30+,35-31-. The molecule has 0 N–H and O–H groups in total. The number of ether oxygens (including phenoxy) is 2. The highest BCUT2D eigenvalue weighted by Gasteiger charge is 2.35. The van der Waals surface area contributed by atoms with Crippen LogP contribution < -0.4 is 19.2 Å². The summed E-state index contributed by atoms with van der Waals surface area (Å²) in [5.74, 6) is 2.18. The van der Waals surface area contributed by atoms with E-state index >= 15 is 0 Å². The van der Waals surface area contributed by atoms with Gasteiger partial charge in [0.1, 0.15) is 16.5 Å². The van der Waals surface area contributed by atoms with Crippen molar-refractivity contribution in [3.05, 3.63) is 108 Å². The second-order valence-corrected chi connectivity index (χ2v) is 10.9. The molecule has 1 saturated heterocycles. The number of fused-ring (bicyclic) bond motifs is 1. The number of hydrogen-bond acceptors (Lipinski definition) is 8. The molecule has 0 amide bonds. The lowest BCUT2D eigenvalue weighted by molar-refractivity contribution is 0.415. The summed E-state index contributed by atoms with van der Waals surface area (Å²) in [6, 6.07) is 33.5. The topological polar surface area (TPSA) is 76.1 Å². The molecule has 204 valence electrons. The van der Waals surface area contributed by atoms with Crippen LogP contribution in [0.15, 0.2) is 123 Å². The average Bonchev–Trinajstić information content (AvgIpc) is 3.53. The van der Waals surface area contributed by atoms with Crippen molar-refractivity contribution in [2.45, 2.75) is 0 Å². The van der Waals surface area contributed by atoms with E-state index in [0.29, 0.717) is 16.0 Å². The van der Waals surface area contributed by atoms with Crippen molar-refractivity contribution < 1.29 is 9.47 Å². The van der Waals surface area contributed by atoms with E-state index in [9.17, 15) is 0 Å². The van der Waals surface area contributed by atoms with Crippen molar-refractivity contribution in [3.8, 4) is 11.5 Å². The minimum Gasteiger partial charge on any atom is -0.497 e. The summed E-state index contributed by atoms with van der Waals surface area (Å²) in [4.78, 5) is 12.8. The van der Waals surface area contributed by atoms with Crippen molar-refractivity contribution in [1.29, 1.82) is 0 Å². The lowest BCUT2D eigenvalue weighted by atomic mass is 10.3. The number of hydrogen-bond donors (Lipinski definition) is 0. The molecular formula is C31H26N6O2S2. The lowest BCUT2D eigenvalue weighted by Crippen LogP contribution is -2.30. The lowest BCUT2D eigenvalue weighted by Gasteiger charge is -2.17. The predicted octanol–water partition coefficient (Wildman–Crippen LogP) is 7.14. The Balaban J connectivity index is 1.51. The number of methoxy groups -OCH3 is 2. The van der Waals surface area contributed by atoms with E-state index in [1.54, 1.807) is 25.6 Å². The third-order valence-corrected chi connectivity index (χ3v) is 8.36. The number of rotatable bonds is 6. The number of nitrogens with zero attached hydrogens (tertiary/aromatic N) is 6. The number of aryl methyl sites for hydroxylation is 1. The van der Waals surface area contributed by atoms with Crippen molar-refractivity contribution in [2.75, 3.05) is 19.1 Å². The van der Waals surface area contributed by atoms with Gasteiger partial charge in [-0.15, -0.1) is 10.2 Å². The molecule has 0 unspecified atom stereocenters. The van der Waals surface area contributed by atoms with Gasteiger partial charge in [0.15, 0.2) is 5.84 Å². The van der Waals surface area contributed by atoms with Crippen LogP contribution in [0.1, 0.15) is 0 Å². The summed E-state index contributed by atoms with van der Waals surface area (Å²) in [5.41, 5.74) is 3.55. The third-order valence-electron chi connectivity index (χ3n) is 6.34. The second kappa shape index (κ2) is 11.8. The highest BCUT2D eigenvalue weighted by atomic mass is 32.2. The first-order chi connectivity index (χ1) is 20.1. The van der Waals surface area contributed by atoms with Gasteiger partial charge in [0.05, 0.1) is 35.8 Å². The van der Waals surface area contributed by atoms with Gasteiger partial charge in [0.2, 0.25) is 9.97 Å². The summed E-state index contributed by atoms with van der Waals surface area (Å²) in [5, 5.41) is 10.8. The normalized spacial score (nSPS) is 16.8. The summed E-state index contributed by atoms with van der Waals surface area (Å²) < 4.78 is 13.9. The van der Waals surface area contributed by atoms with Crippen molar-refractivity contribution >= 4 is 66.4 Å². The van der Waals surface area contributed by atoms with Gasteiger partial charge in [-0.25, -0.2) is 9.98 Å². The van der Waals surface area contributed by atoms with Crippen molar-refractivity contribution in [2.24, 2.45) is 27.2 Å². The van der Waals surface area contributed by atoms with Gasteiger partial charge < -0.3 is 14.0 Å². The molecular weight excluding hydrogens is 553 g/mol. The first kappa shape index (κ1) is 26.5. The van der Waals surface area contributed by atoms with E-state index in [-0.39, 0.29) is 0 Å². The Labute approximate surface area is 245 Å². The maximum Gasteiger partial charge on any atom is 0.211 e. The third kappa shape index (κ3) is 5.65. The Morgan fingerprint density at radius 1 is 0.659 bits per heavy atom. The Bertz CT molecular complexity index is 1840. The summed E-state index contributed by atoms with van der Waals surface area (Å²) in [6.07, 6.45) is 0. The molecule has 1 fully saturated rings. The minimum absolute atomic E-state index is 0.646. The first-order valence-corrected chi connectivity index (χ1v) is 14.4. The van der Waals surface area contributed by atoms with Crippen LogP contribution in [0.4, 0.5) is 17.1 Å². The van der Waals surface area contributed by atoms with E-state index in [4.69, 9.17) is 29.7 Å². The van der Waals surface area contributed by atoms with Crippen molar-refractivity contribution in [1.82, 2.24) is 4.57 Å². The zero-order valence-electron chi connectivity index (χ0n) is 22.6. The Kier molecular flexibility index (Phi) is 7.66. The van der Waals surface area contributed by atoms with E-state index in [1.165, 1.54) is 11.8 Å². The molecule has 4 aromatic carbocycles. The summed E-state index contributed by atoms with van der Waals surface area (Å²) in [7, 11) is 5.30. The second-order valence-electron chi connectivity index (χ2n) is 8.92. The number of aliphatic imine (C=N–C) groups is 2. The van der Waals surface area contributed by atoms with Gasteiger partial charge in [-0.3, -0.25) is 4.90 Å². The van der Waals surface area contributed by atoms with Gasteiger partial charge in [0, 0.05) is 12.7 Å². The molecule has 0 atom stereocenters. The number of aromatic nitrogens is 1. The van der Waals surface area contributed by atoms with Gasteiger partial charge in [-0.2, -0.15) is 0 Å². The number of benzene rings is 4. The molecule has 6 rings (SSSR count).